The summed E-state index contributed by atoms with van der Waals surface area (Å²) in [7, 11) is 2.21. The maximum absolute atomic E-state index is 6.13. The molecule has 29 heavy (non-hydrogen) atoms. The quantitative estimate of drug-likeness (QED) is 0.601. The lowest BCUT2D eigenvalue weighted by atomic mass is 10.0. The van der Waals surface area contributed by atoms with E-state index < -0.39 is 0 Å². The molecule has 0 spiro atoms. The summed E-state index contributed by atoms with van der Waals surface area (Å²) in [5.74, 6) is 1.58. The Morgan fingerprint density at radius 3 is 2.45 bits per heavy atom. The molecular weight excluding hydrogens is 426 g/mol. The van der Waals surface area contributed by atoms with Crippen molar-refractivity contribution in [2.24, 2.45) is 5.92 Å². The summed E-state index contributed by atoms with van der Waals surface area (Å²) in [5.41, 5.74) is 2.38. The molecule has 0 aromatic heterocycles. The van der Waals surface area contributed by atoms with Gasteiger partial charge in [0.05, 0.1) is 0 Å². The van der Waals surface area contributed by atoms with Crippen LogP contribution in [-0.2, 0) is 13.2 Å². The largest absolute Gasteiger partial charge is 0.489 e. The normalized spacial score (nSPS) is 16.9. The highest BCUT2D eigenvalue weighted by atomic mass is 79.9. The van der Waals surface area contributed by atoms with Crippen molar-refractivity contribution >= 4 is 15.9 Å². The van der Waals surface area contributed by atoms with Crippen LogP contribution in [0.25, 0.3) is 0 Å². The molecule has 1 heterocycles. The Labute approximate surface area is 184 Å². The molecule has 1 N–H and O–H groups in total. The van der Waals surface area contributed by atoms with Gasteiger partial charge >= 0.3 is 0 Å². The zero-order valence-corrected chi connectivity index (χ0v) is 19.5. The minimum atomic E-state index is 0.560. The maximum atomic E-state index is 6.13. The molecule has 158 valence electrons. The highest BCUT2D eigenvalue weighted by molar-refractivity contribution is 9.10. The molecule has 0 aliphatic carbocycles. The Balaban J connectivity index is 1.58. The third kappa shape index (κ3) is 6.82. The second-order valence-electron chi connectivity index (χ2n) is 8.31. The van der Waals surface area contributed by atoms with E-state index in [2.05, 4.69) is 76.2 Å². The lowest BCUT2D eigenvalue weighted by Gasteiger charge is -2.40. The second kappa shape index (κ2) is 11.1. The van der Waals surface area contributed by atoms with Crippen LogP contribution in [0.1, 0.15) is 25.0 Å². The van der Waals surface area contributed by atoms with E-state index in [1.807, 2.05) is 24.3 Å². The highest BCUT2D eigenvalue weighted by Crippen LogP contribution is 2.24. The molecule has 0 radical (unpaired) electrons. The molecule has 0 amide bonds. The van der Waals surface area contributed by atoms with Crippen LogP contribution in [0.15, 0.2) is 53.0 Å². The second-order valence-corrected chi connectivity index (χ2v) is 9.22. The molecule has 4 nitrogen and oxygen atoms in total. The molecule has 2 aromatic rings. The Morgan fingerprint density at radius 1 is 1.03 bits per heavy atom. The Morgan fingerprint density at radius 2 is 1.76 bits per heavy atom. The van der Waals surface area contributed by atoms with Gasteiger partial charge in [0, 0.05) is 55.3 Å². The van der Waals surface area contributed by atoms with Crippen molar-refractivity contribution in [2.75, 3.05) is 39.8 Å². The summed E-state index contributed by atoms with van der Waals surface area (Å²) in [6.45, 7) is 11.7. The smallest absolute Gasteiger partial charge is 0.124 e. The number of benzene rings is 2. The molecule has 0 saturated carbocycles. The van der Waals surface area contributed by atoms with Crippen LogP contribution >= 0.6 is 15.9 Å². The summed E-state index contributed by atoms with van der Waals surface area (Å²) in [5, 5.41) is 3.70. The van der Waals surface area contributed by atoms with Gasteiger partial charge in [0.25, 0.3) is 0 Å². The molecule has 1 saturated heterocycles. The average Bonchev–Trinajstić information content (AvgIpc) is 2.72. The Bertz CT molecular complexity index is 745. The number of rotatable bonds is 9. The van der Waals surface area contributed by atoms with Gasteiger partial charge in [0.15, 0.2) is 0 Å². The third-order valence-electron chi connectivity index (χ3n) is 5.71. The van der Waals surface area contributed by atoms with Gasteiger partial charge in [-0.25, -0.2) is 0 Å². The summed E-state index contributed by atoms with van der Waals surface area (Å²) in [6.07, 6.45) is 0. The van der Waals surface area contributed by atoms with Crippen molar-refractivity contribution in [3.63, 3.8) is 0 Å². The predicted octanol–water partition coefficient (Wildman–Crippen LogP) is 4.39. The van der Waals surface area contributed by atoms with Gasteiger partial charge in [-0.3, -0.25) is 4.90 Å². The number of hydrogen-bond acceptors (Lipinski definition) is 4. The van der Waals surface area contributed by atoms with Crippen LogP contribution in [0.5, 0.6) is 5.75 Å². The van der Waals surface area contributed by atoms with Gasteiger partial charge in [0.2, 0.25) is 0 Å². The zero-order valence-electron chi connectivity index (χ0n) is 17.9. The van der Waals surface area contributed by atoms with E-state index in [0.717, 1.165) is 49.5 Å². The van der Waals surface area contributed by atoms with Crippen molar-refractivity contribution < 1.29 is 4.74 Å². The number of likely N-dealkylation sites (N-methyl/N-ethyl adjacent to an activating group) is 1. The molecule has 3 rings (SSSR count). The summed E-state index contributed by atoms with van der Waals surface area (Å²) in [4.78, 5) is 5.06. The summed E-state index contributed by atoms with van der Waals surface area (Å²) in [6, 6.07) is 17.2. The number of halogens is 1. The summed E-state index contributed by atoms with van der Waals surface area (Å²) >= 11 is 3.61. The fourth-order valence-electron chi connectivity index (χ4n) is 3.86. The Kier molecular flexibility index (Phi) is 8.54. The molecule has 0 bridgehead atoms. The molecular formula is C24H34BrN3O. The number of ether oxygens (including phenoxy) is 1. The van der Waals surface area contributed by atoms with E-state index >= 15 is 0 Å². The first-order valence-corrected chi connectivity index (χ1v) is 11.4. The van der Waals surface area contributed by atoms with Gasteiger partial charge in [-0.15, -0.1) is 0 Å². The molecule has 1 fully saturated rings. The van der Waals surface area contributed by atoms with Crippen LogP contribution < -0.4 is 10.1 Å². The van der Waals surface area contributed by atoms with Gasteiger partial charge in [0.1, 0.15) is 12.4 Å². The lowest BCUT2D eigenvalue weighted by molar-refractivity contribution is 0.0875. The minimum absolute atomic E-state index is 0.560. The fraction of sp³-hybridized carbons (Fsp3) is 0.500. The van der Waals surface area contributed by atoms with Crippen molar-refractivity contribution in [2.45, 2.75) is 33.0 Å². The average molecular weight is 460 g/mol. The highest BCUT2D eigenvalue weighted by Gasteiger charge is 2.24. The van der Waals surface area contributed by atoms with E-state index in [1.165, 1.54) is 11.1 Å². The number of nitrogens with zero attached hydrogens (tertiary/aromatic N) is 2. The number of hydrogen-bond donors (Lipinski definition) is 1. The maximum Gasteiger partial charge on any atom is 0.124 e. The first-order valence-electron chi connectivity index (χ1n) is 10.6. The summed E-state index contributed by atoms with van der Waals surface area (Å²) < 4.78 is 7.22. The molecule has 1 aliphatic heterocycles. The van der Waals surface area contributed by atoms with E-state index in [9.17, 15) is 0 Å². The molecule has 1 aliphatic rings. The van der Waals surface area contributed by atoms with E-state index in [4.69, 9.17) is 4.74 Å². The van der Waals surface area contributed by atoms with Gasteiger partial charge in [-0.2, -0.15) is 0 Å². The molecule has 5 heteroatoms. The van der Waals surface area contributed by atoms with Crippen LogP contribution in [0.4, 0.5) is 0 Å². The van der Waals surface area contributed by atoms with Crippen molar-refractivity contribution in [3.8, 4) is 5.75 Å². The monoisotopic (exact) mass is 459 g/mol. The van der Waals surface area contributed by atoms with Crippen LogP contribution in [0, 0.1) is 5.92 Å². The van der Waals surface area contributed by atoms with Gasteiger partial charge in [-0.1, -0.05) is 60.1 Å². The van der Waals surface area contributed by atoms with Crippen molar-refractivity contribution in [1.29, 1.82) is 0 Å². The standard InChI is InChI=1S/C24H34BrN3O/c1-19(2)23(28-13-11-27(3)12-14-28)17-26-16-21-15-22(25)9-10-24(21)29-18-20-7-5-4-6-8-20/h4-10,15,19,23,26H,11-14,16-18H2,1-3H3. The lowest BCUT2D eigenvalue weighted by Crippen LogP contribution is -2.53. The van der Waals surface area contributed by atoms with Crippen molar-refractivity contribution in [1.82, 2.24) is 15.1 Å². The van der Waals surface area contributed by atoms with Gasteiger partial charge in [-0.05, 0) is 36.7 Å². The van der Waals surface area contributed by atoms with E-state index in [0.29, 0.717) is 18.6 Å². The van der Waals surface area contributed by atoms with Crippen molar-refractivity contribution in [3.05, 3.63) is 64.1 Å². The predicted molar refractivity (Wildman–Crippen MR) is 124 cm³/mol. The third-order valence-corrected chi connectivity index (χ3v) is 6.20. The van der Waals surface area contributed by atoms with Crippen LogP contribution in [0.2, 0.25) is 0 Å². The first kappa shape index (κ1) is 22.3. The topological polar surface area (TPSA) is 27.7 Å². The van der Waals surface area contributed by atoms with Gasteiger partial charge < -0.3 is 15.0 Å². The zero-order chi connectivity index (χ0) is 20.6. The van der Waals surface area contributed by atoms with E-state index in [-0.39, 0.29) is 0 Å². The fourth-order valence-corrected chi connectivity index (χ4v) is 4.27. The Hall–Kier alpha value is -1.40. The SMILES string of the molecule is CC(C)C(CNCc1cc(Br)ccc1OCc1ccccc1)N1CCN(C)CC1. The molecule has 1 unspecified atom stereocenters. The number of nitrogens with one attached hydrogen (secondary N) is 1. The van der Waals surface area contributed by atoms with E-state index in [1.54, 1.807) is 0 Å². The van der Waals surface area contributed by atoms with Crippen LogP contribution in [0.3, 0.4) is 0 Å². The minimum Gasteiger partial charge on any atom is -0.489 e. The number of piperazine rings is 1. The molecule has 1 atom stereocenters. The molecule has 2 aromatic carbocycles. The first-order chi connectivity index (χ1) is 14.0. The van der Waals surface area contributed by atoms with Crippen LogP contribution in [-0.4, -0.2) is 55.6 Å².